The Morgan fingerprint density at radius 1 is 1.39 bits per heavy atom. The maximum Gasteiger partial charge on any atom is 0.326 e. The third kappa shape index (κ3) is 3.80. The van der Waals surface area contributed by atoms with Crippen LogP contribution >= 0.6 is 11.8 Å². The highest BCUT2D eigenvalue weighted by Gasteiger charge is 2.27. The van der Waals surface area contributed by atoms with Crippen molar-refractivity contribution in [3.8, 4) is 0 Å². The summed E-state index contributed by atoms with van der Waals surface area (Å²) in [5.41, 5.74) is 0. The lowest BCUT2D eigenvalue weighted by Crippen LogP contribution is -2.48. The predicted octanol–water partition coefficient (Wildman–Crippen LogP) is 1.73. The van der Waals surface area contributed by atoms with E-state index in [1.165, 1.54) is 11.8 Å². The number of likely N-dealkylation sites (N-methyl/N-ethyl adjacent to an activating group) is 1. The molecular formula is C12H22N2O3S. The number of nitrogens with zero attached hydrogens (tertiary/aromatic N) is 2. The molecule has 0 aliphatic carbocycles. The molecule has 0 aromatic rings. The Morgan fingerprint density at radius 2 is 2.06 bits per heavy atom. The van der Waals surface area contributed by atoms with E-state index < -0.39 is 12.0 Å². The van der Waals surface area contributed by atoms with Crippen LogP contribution in [-0.2, 0) is 4.79 Å². The molecule has 18 heavy (non-hydrogen) atoms. The zero-order chi connectivity index (χ0) is 13.7. The molecule has 2 amide bonds. The fourth-order valence-electron chi connectivity index (χ4n) is 2.05. The second-order valence-corrected chi connectivity index (χ2v) is 5.82. The standard InChI is InChI=1S/C12H22N2O3S/c1-9(11(15)16)13(2)12(17)14-7-4-5-10(18-3)6-8-14/h9-10H,4-8H2,1-3H3,(H,15,16). The molecule has 1 saturated heterocycles. The van der Waals surface area contributed by atoms with Gasteiger partial charge >= 0.3 is 12.0 Å². The maximum atomic E-state index is 12.2. The van der Waals surface area contributed by atoms with Gasteiger partial charge in [0.25, 0.3) is 0 Å². The minimum Gasteiger partial charge on any atom is -0.480 e. The number of urea groups is 1. The van der Waals surface area contributed by atoms with Gasteiger partial charge in [-0.05, 0) is 32.4 Å². The van der Waals surface area contributed by atoms with E-state index in [4.69, 9.17) is 5.11 Å². The fraction of sp³-hybridized carbons (Fsp3) is 0.833. The van der Waals surface area contributed by atoms with Crippen LogP contribution in [0.4, 0.5) is 4.79 Å². The molecule has 0 spiro atoms. The molecule has 0 saturated carbocycles. The Hall–Kier alpha value is -0.910. The van der Waals surface area contributed by atoms with Gasteiger partial charge in [-0.3, -0.25) is 0 Å². The van der Waals surface area contributed by atoms with E-state index >= 15 is 0 Å². The lowest BCUT2D eigenvalue weighted by molar-refractivity contribution is -0.141. The third-order valence-corrected chi connectivity index (χ3v) is 4.66. The number of carboxylic acids is 1. The number of carboxylic acid groups (broad SMARTS) is 1. The van der Waals surface area contributed by atoms with Crippen LogP contribution in [0.5, 0.6) is 0 Å². The Labute approximate surface area is 113 Å². The minimum atomic E-state index is -0.970. The topological polar surface area (TPSA) is 60.9 Å². The molecule has 1 aliphatic rings. The number of carbonyl (C=O) groups excluding carboxylic acids is 1. The Balaban J connectivity index is 2.58. The molecule has 1 aliphatic heterocycles. The lowest BCUT2D eigenvalue weighted by Gasteiger charge is -2.29. The van der Waals surface area contributed by atoms with Gasteiger partial charge in [-0.15, -0.1) is 0 Å². The molecule has 1 fully saturated rings. The van der Waals surface area contributed by atoms with E-state index in [2.05, 4.69) is 6.26 Å². The average molecular weight is 274 g/mol. The highest BCUT2D eigenvalue weighted by atomic mass is 32.2. The van der Waals surface area contributed by atoms with Crippen molar-refractivity contribution < 1.29 is 14.7 Å². The molecule has 0 aromatic heterocycles. The van der Waals surface area contributed by atoms with Crippen molar-refractivity contribution in [1.29, 1.82) is 0 Å². The monoisotopic (exact) mass is 274 g/mol. The molecule has 1 N–H and O–H groups in total. The summed E-state index contributed by atoms with van der Waals surface area (Å²) in [5, 5.41) is 9.54. The zero-order valence-electron chi connectivity index (χ0n) is 11.3. The van der Waals surface area contributed by atoms with E-state index in [0.717, 1.165) is 32.4 Å². The first kappa shape index (κ1) is 15.1. The zero-order valence-corrected chi connectivity index (χ0v) is 12.1. The summed E-state index contributed by atoms with van der Waals surface area (Å²) >= 11 is 1.85. The smallest absolute Gasteiger partial charge is 0.326 e. The van der Waals surface area contributed by atoms with Gasteiger partial charge < -0.3 is 14.9 Å². The molecule has 5 nitrogen and oxygen atoms in total. The number of likely N-dealkylation sites (tertiary alicyclic amines) is 1. The van der Waals surface area contributed by atoms with Gasteiger partial charge in [-0.25, -0.2) is 9.59 Å². The summed E-state index contributed by atoms with van der Waals surface area (Å²) in [5.74, 6) is -0.970. The number of carbonyl (C=O) groups is 2. The van der Waals surface area contributed by atoms with E-state index in [1.54, 1.807) is 11.9 Å². The molecule has 0 bridgehead atoms. The first-order chi connectivity index (χ1) is 8.47. The second-order valence-electron chi connectivity index (χ2n) is 4.68. The highest BCUT2D eigenvalue weighted by Crippen LogP contribution is 2.21. The second kappa shape index (κ2) is 6.87. The van der Waals surface area contributed by atoms with Gasteiger partial charge in [0.2, 0.25) is 0 Å². The number of hydrogen-bond donors (Lipinski definition) is 1. The van der Waals surface area contributed by atoms with Gasteiger partial charge in [0.1, 0.15) is 6.04 Å². The van der Waals surface area contributed by atoms with Crippen LogP contribution in [0.2, 0.25) is 0 Å². The summed E-state index contributed by atoms with van der Waals surface area (Å²) in [6.07, 6.45) is 5.21. The van der Waals surface area contributed by atoms with E-state index in [-0.39, 0.29) is 6.03 Å². The van der Waals surface area contributed by atoms with Crippen LogP contribution in [-0.4, -0.2) is 64.6 Å². The van der Waals surface area contributed by atoms with Crippen molar-refractivity contribution in [3.05, 3.63) is 0 Å². The van der Waals surface area contributed by atoms with E-state index in [9.17, 15) is 9.59 Å². The average Bonchev–Trinajstić information content (AvgIpc) is 2.61. The van der Waals surface area contributed by atoms with Gasteiger partial charge in [0.05, 0.1) is 0 Å². The first-order valence-electron chi connectivity index (χ1n) is 6.24. The number of amides is 2. The molecule has 6 heteroatoms. The van der Waals surface area contributed by atoms with Crippen molar-refractivity contribution in [1.82, 2.24) is 9.80 Å². The van der Waals surface area contributed by atoms with Crippen LogP contribution in [0.15, 0.2) is 0 Å². The summed E-state index contributed by atoms with van der Waals surface area (Å²) in [6, 6.07) is -0.955. The molecule has 2 unspecified atom stereocenters. The van der Waals surface area contributed by atoms with Crippen molar-refractivity contribution in [2.45, 2.75) is 37.5 Å². The summed E-state index contributed by atoms with van der Waals surface area (Å²) in [4.78, 5) is 26.1. The van der Waals surface area contributed by atoms with Crippen molar-refractivity contribution >= 4 is 23.8 Å². The summed E-state index contributed by atoms with van der Waals surface area (Å²) in [6.45, 7) is 2.98. The van der Waals surface area contributed by atoms with Crippen LogP contribution in [0.3, 0.4) is 0 Å². The summed E-state index contributed by atoms with van der Waals surface area (Å²) in [7, 11) is 1.55. The van der Waals surface area contributed by atoms with Gasteiger partial charge in [-0.2, -0.15) is 11.8 Å². The van der Waals surface area contributed by atoms with Crippen molar-refractivity contribution in [2.24, 2.45) is 0 Å². The first-order valence-corrected chi connectivity index (χ1v) is 7.53. The van der Waals surface area contributed by atoms with Crippen LogP contribution in [0.25, 0.3) is 0 Å². The maximum absolute atomic E-state index is 12.2. The molecule has 1 rings (SSSR count). The van der Waals surface area contributed by atoms with Gasteiger partial charge in [-0.1, -0.05) is 0 Å². The lowest BCUT2D eigenvalue weighted by atomic mass is 10.2. The Bertz CT molecular complexity index is 312. The largest absolute Gasteiger partial charge is 0.480 e. The Kier molecular flexibility index (Phi) is 5.78. The molecular weight excluding hydrogens is 252 g/mol. The van der Waals surface area contributed by atoms with Gasteiger partial charge in [0.15, 0.2) is 0 Å². The number of hydrogen-bond acceptors (Lipinski definition) is 3. The third-order valence-electron chi connectivity index (χ3n) is 3.52. The van der Waals surface area contributed by atoms with E-state index in [1.807, 2.05) is 11.8 Å². The normalized spacial score (nSPS) is 22.2. The van der Waals surface area contributed by atoms with Crippen molar-refractivity contribution in [2.75, 3.05) is 26.4 Å². The SMILES string of the molecule is CSC1CCCN(C(=O)N(C)C(C)C(=O)O)CC1. The molecule has 1 heterocycles. The fourth-order valence-corrected chi connectivity index (χ4v) is 2.79. The molecule has 2 atom stereocenters. The molecule has 0 aromatic carbocycles. The van der Waals surface area contributed by atoms with Crippen molar-refractivity contribution in [3.63, 3.8) is 0 Å². The van der Waals surface area contributed by atoms with Crippen LogP contribution < -0.4 is 0 Å². The van der Waals surface area contributed by atoms with Gasteiger partial charge in [0, 0.05) is 25.4 Å². The molecule has 104 valence electrons. The van der Waals surface area contributed by atoms with E-state index in [0.29, 0.717) is 5.25 Å². The molecule has 0 radical (unpaired) electrons. The predicted molar refractivity (Wildman–Crippen MR) is 73.0 cm³/mol. The summed E-state index contributed by atoms with van der Waals surface area (Å²) < 4.78 is 0. The number of thioether (sulfide) groups is 1. The number of rotatable bonds is 3. The minimum absolute atomic E-state index is 0.174. The quantitative estimate of drug-likeness (QED) is 0.851. The van der Waals surface area contributed by atoms with Crippen LogP contribution in [0, 0.1) is 0 Å². The number of aliphatic carboxylic acids is 1. The Morgan fingerprint density at radius 3 is 2.61 bits per heavy atom. The highest BCUT2D eigenvalue weighted by molar-refractivity contribution is 7.99. The van der Waals surface area contributed by atoms with Crippen LogP contribution in [0.1, 0.15) is 26.2 Å².